The van der Waals surface area contributed by atoms with Gasteiger partial charge in [-0.15, -0.1) is 0 Å². The number of hydrogen-bond donors (Lipinski definition) is 0. The number of hydrogen-bond acceptors (Lipinski definition) is 2. The van der Waals surface area contributed by atoms with Crippen molar-refractivity contribution in [2.75, 3.05) is 26.2 Å². The Morgan fingerprint density at radius 2 is 1.71 bits per heavy atom. The van der Waals surface area contributed by atoms with E-state index in [2.05, 4.69) is 18.7 Å². The molecule has 0 bridgehead atoms. The zero-order chi connectivity index (χ0) is 15.6. The Bertz CT molecular complexity index is 367. The van der Waals surface area contributed by atoms with Crippen molar-refractivity contribution in [1.29, 1.82) is 0 Å². The van der Waals surface area contributed by atoms with Gasteiger partial charge < -0.3 is 4.90 Å². The van der Waals surface area contributed by atoms with Crippen molar-refractivity contribution in [2.24, 2.45) is 5.92 Å². The van der Waals surface area contributed by atoms with Crippen molar-refractivity contribution in [3.63, 3.8) is 0 Å². The smallest absolute Gasteiger partial charge is 0.266 e. The molecule has 2 aliphatic heterocycles. The van der Waals surface area contributed by atoms with E-state index >= 15 is 0 Å². The quantitative estimate of drug-likeness (QED) is 0.732. The van der Waals surface area contributed by atoms with Gasteiger partial charge in [0, 0.05) is 18.0 Å². The molecule has 0 radical (unpaired) electrons. The summed E-state index contributed by atoms with van der Waals surface area (Å²) in [5.74, 6) is -3.15. The maximum Gasteiger partial charge on any atom is 0.266 e. The lowest BCUT2D eigenvalue weighted by molar-refractivity contribution is -0.109. The molecule has 0 amide bonds. The lowest BCUT2D eigenvalue weighted by atomic mass is 9.89. The molecular weight excluding hydrogens is 270 g/mol. The van der Waals surface area contributed by atoms with Crippen LogP contribution in [0.2, 0.25) is 0 Å². The topological polar surface area (TPSA) is 6.48 Å². The number of piperidine rings is 2. The molecule has 0 spiro atoms. The number of alkyl halides is 2. The summed E-state index contributed by atoms with van der Waals surface area (Å²) in [5, 5.41) is 0. The third-order valence-electron chi connectivity index (χ3n) is 4.96. The molecule has 0 aromatic rings. The Morgan fingerprint density at radius 3 is 2.19 bits per heavy atom. The minimum atomic E-state index is -2.58. The molecular formula is C17H30F2N2. The second kappa shape index (κ2) is 6.74. The molecule has 2 heterocycles. The summed E-state index contributed by atoms with van der Waals surface area (Å²) in [4.78, 5) is 4.50. The van der Waals surface area contributed by atoms with Crippen molar-refractivity contribution in [3.8, 4) is 0 Å². The van der Waals surface area contributed by atoms with Crippen LogP contribution in [-0.4, -0.2) is 54.0 Å². The number of allylic oxidation sites excluding steroid dienone is 2. The van der Waals surface area contributed by atoms with Crippen LogP contribution in [0.1, 0.15) is 47.0 Å². The molecule has 0 aromatic heterocycles. The van der Waals surface area contributed by atoms with E-state index in [1.165, 1.54) is 0 Å². The Morgan fingerprint density at radius 1 is 1.10 bits per heavy atom. The largest absolute Gasteiger partial charge is 0.301 e. The Hall–Kier alpha value is -0.480. The van der Waals surface area contributed by atoms with E-state index in [0.29, 0.717) is 18.5 Å². The molecule has 2 aliphatic rings. The van der Waals surface area contributed by atoms with E-state index in [1.807, 2.05) is 18.7 Å². The zero-order valence-electron chi connectivity index (χ0n) is 13.9. The summed E-state index contributed by atoms with van der Waals surface area (Å²) < 4.78 is 28.7. The minimum absolute atomic E-state index is 0.0617. The fraction of sp³-hybridized carbons (Fsp3) is 0.882. The van der Waals surface area contributed by atoms with Crippen LogP contribution in [0.15, 0.2) is 11.6 Å². The molecule has 4 heteroatoms. The van der Waals surface area contributed by atoms with Gasteiger partial charge in [0.25, 0.3) is 5.92 Å². The van der Waals surface area contributed by atoms with Crippen molar-refractivity contribution < 1.29 is 8.78 Å². The molecule has 2 rings (SSSR count). The highest BCUT2D eigenvalue weighted by atomic mass is 19.3. The SMILES string of the molecule is CC(C)=CC1CCN(C2CCN(C(C)C)CC2)CC1(F)F. The second-order valence-corrected chi connectivity index (χ2v) is 7.23. The lowest BCUT2D eigenvalue weighted by Crippen LogP contribution is -2.54. The van der Waals surface area contributed by atoms with Gasteiger partial charge in [0.15, 0.2) is 0 Å². The first kappa shape index (κ1) is 16.9. The van der Waals surface area contributed by atoms with E-state index in [0.717, 1.165) is 38.0 Å². The van der Waals surface area contributed by atoms with Crippen molar-refractivity contribution in [1.82, 2.24) is 9.80 Å². The molecule has 0 aliphatic carbocycles. The maximum atomic E-state index is 14.3. The Balaban J connectivity index is 1.92. The highest BCUT2D eigenvalue weighted by Crippen LogP contribution is 2.36. The molecule has 2 fully saturated rings. The molecule has 1 atom stereocenters. The van der Waals surface area contributed by atoms with Crippen LogP contribution in [0.25, 0.3) is 0 Å². The van der Waals surface area contributed by atoms with Crippen LogP contribution in [0.4, 0.5) is 8.78 Å². The normalized spacial score (nSPS) is 28.8. The van der Waals surface area contributed by atoms with Crippen LogP contribution in [0.3, 0.4) is 0 Å². The van der Waals surface area contributed by atoms with Gasteiger partial charge >= 0.3 is 0 Å². The van der Waals surface area contributed by atoms with Crippen LogP contribution in [0.5, 0.6) is 0 Å². The molecule has 0 aromatic carbocycles. The Kier molecular flexibility index (Phi) is 5.42. The number of nitrogens with zero attached hydrogens (tertiary/aromatic N) is 2. The molecule has 21 heavy (non-hydrogen) atoms. The molecule has 2 saturated heterocycles. The summed E-state index contributed by atoms with van der Waals surface area (Å²) in [5.41, 5.74) is 0.998. The van der Waals surface area contributed by atoms with Crippen LogP contribution >= 0.6 is 0 Å². The summed E-state index contributed by atoms with van der Waals surface area (Å²) in [6, 6.07) is 0.911. The van der Waals surface area contributed by atoms with Crippen LogP contribution in [0, 0.1) is 5.92 Å². The van der Waals surface area contributed by atoms with Gasteiger partial charge in [-0.05, 0) is 66.6 Å². The average molecular weight is 300 g/mol. The average Bonchev–Trinajstić information content (AvgIpc) is 2.40. The van der Waals surface area contributed by atoms with E-state index in [-0.39, 0.29) is 6.54 Å². The van der Waals surface area contributed by atoms with Crippen molar-refractivity contribution in [3.05, 3.63) is 11.6 Å². The van der Waals surface area contributed by atoms with Gasteiger partial charge in [-0.1, -0.05) is 11.6 Å². The van der Waals surface area contributed by atoms with E-state index in [1.54, 1.807) is 6.08 Å². The fourth-order valence-electron chi connectivity index (χ4n) is 3.67. The zero-order valence-corrected chi connectivity index (χ0v) is 13.9. The van der Waals surface area contributed by atoms with E-state index < -0.39 is 11.8 Å². The molecule has 1 unspecified atom stereocenters. The monoisotopic (exact) mass is 300 g/mol. The van der Waals surface area contributed by atoms with Gasteiger partial charge in [-0.25, -0.2) is 8.78 Å². The first-order valence-electron chi connectivity index (χ1n) is 8.30. The molecule has 122 valence electrons. The summed E-state index contributed by atoms with van der Waals surface area (Å²) in [6.45, 7) is 11.1. The first-order valence-corrected chi connectivity index (χ1v) is 8.30. The van der Waals surface area contributed by atoms with Crippen molar-refractivity contribution in [2.45, 2.75) is 65.0 Å². The fourth-order valence-corrected chi connectivity index (χ4v) is 3.67. The van der Waals surface area contributed by atoms with Crippen LogP contribution in [-0.2, 0) is 0 Å². The molecule has 2 nitrogen and oxygen atoms in total. The first-order chi connectivity index (χ1) is 9.79. The molecule has 0 N–H and O–H groups in total. The highest BCUT2D eigenvalue weighted by molar-refractivity contribution is 5.05. The van der Waals surface area contributed by atoms with Crippen molar-refractivity contribution >= 4 is 0 Å². The van der Waals surface area contributed by atoms with Gasteiger partial charge in [-0.2, -0.15) is 0 Å². The summed E-state index contributed by atoms with van der Waals surface area (Å²) in [7, 11) is 0. The Labute approximate surface area is 128 Å². The van der Waals surface area contributed by atoms with Gasteiger partial charge in [0.1, 0.15) is 0 Å². The maximum absolute atomic E-state index is 14.3. The predicted molar refractivity (Wildman–Crippen MR) is 83.8 cm³/mol. The molecule has 0 saturated carbocycles. The third-order valence-corrected chi connectivity index (χ3v) is 4.96. The lowest BCUT2D eigenvalue weighted by Gasteiger charge is -2.45. The van der Waals surface area contributed by atoms with E-state index in [9.17, 15) is 8.78 Å². The number of likely N-dealkylation sites (tertiary alicyclic amines) is 2. The second-order valence-electron chi connectivity index (χ2n) is 7.23. The van der Waals surface area contributed by atoms with E-state index in [4.69, 9.17) is 0 Å². The summed E-state index contributed by atoms with van der Waals surface area (Å²) in [6.07, 6.45) is 4.41. The van der Waals surface area contributed by atoms with Gasteiger partial charge in [0.2, 0.25) is 0 Å². The number of halogens is 2. The summed E-state index contributed by atoms with van der Waals surface area (Å²) >= 11 is 0. The van der Waals surface area contributed by atoms with Gasteiger partial charge in [-0.3, -0.25) is 4.90 Å². The van der Waals surface area contributed by atoms with Gasteiger partial charge in [0.05, 0.1) is 6.54 Å². The standard InChI is InChI=1S/C17H30F2N2/c1-13(2)11-15-5-8-21(12-17(15,18)19)16-6-9-20(10-7-16)14(3)4/h11,14-16H,5-10,12H2,1-4H3. The highest BCUT2D eigenvalue weighted by Gasteiger charge is 2.45. The predicted octanol–water partition coefficient (Wildman–Crippen LogP) is 3.78. The number of rotatable bonds is 3. The van der Waals surface area contributed by atoms with Crippen LogP contribution < -0.4 is 0 Å². The minimum Gasteiger partial charge on any atom is -0.301 e. The third kappa shape index (κ3) is 4.26.